The second kappa shape index (κ2) is 5.95. The van der Waals surface area contributed by atoms with Crippen molar-refractivity contribution < 1.29 is 13.9 Å². The molecular weight excluding hydrogens is 244 g/mol. The predicted molar refractivity (Wildman–Crippen MR) is 73.1 cm³/mol. The Morgan fingerprint density at radius 3 is 2.89 bits per heavy atom. The van der Waals surface area contributed by atoms with Crippen LogP contribution in [0.5, 0.6) is 5.75 Å². The molecule has 1 aromatic heterocycles. The molecule has 0 bridgehead atoms. The van der Waals surface area contributed by atoms with Crippen LogP contribution in [-0.2, 0) is 11.2 Å². The van der Waals surface area contributed by atoms with Crippen LogP contribution in [0, 0.1) is 0 Å². The van der Waals surface area contributed by atoms with E-state index in [1.54, 1.807) is 37.6 Å². The number of furan rings is 1. The minimum atomic E-state index is -0.0824. The standard InChI is InChI=1S/C14H16N2O3/c1-18-13-6-4-10(9-12(13)15)16-14(17)7-5-11-3-2-8-19-11/h2-4,6,8-9H,5,7,15H2,1H3,(H,16,17). The molecule has 19 heavy (non-hydrogen) atoms. The molecular formula is C14H16N2O3. The van der Waals surface area contributed by atoms with Crippen molar-refractivity contribution in [1.82, 2.24) is 0 Å². The van der Waals surface area contributed by atoms with Crippen LogP contribution in [-0.4, -0.2) is 13.0 Å². The van der Waals surface area contributed by atoms with Crippen LogP contribution in [0.25, 0.3) is 0 Å². The molecule has 1 aromatic carbocycles. The zero-order valence-electron chi connectivity index (χ0n) is 10.7. The van der Waals surface area contributed by atoms with Crippen LogP contribution < -0.4 is 15.8 Å². The Bertz CT molecular complexity index is 550. The average molecular weight is 260 g/mol. The number of anilines is 2. The predicted octanol–water partition coefficient (Wildman–Crippen LogP) is 2.44. The normalized spacial score (nSPS) is 10.2. The van der Waals surface area contributed by atoms with Gasteiger partial charge in [0, 0.05) is 18.5 Å². The Kier molecular flexibility index (Phi) is 4.07. The summed E-state index contributed by atoms with van der Waals surface area (Å²) in [6.07, 6.45) is 2.53. The summed E-state index contributed by atoms with van der Waals surface area (Å²) in [4.78, 5) is 11.7. The van der Waals surface area contributed by atoms with E-state index in [0.717, 1.165) is 5.76 Å². The van der Waals surface area contributed by atoms with Gasteiger partial charge in [-0.1, -0.05) is 0 Å². The summed E-state index contributed by atoms with van der Waals surface area (Å²) in [5.41, 5.74) is 6.91. The largest absolute Gasteiger partial charge is 0.495 e. The van der Waals surface area contributed by atoms with Gasteiger partial charge in [0.25, 0.3) is 0 Å². The molecule has 0 saturated heterocycles. The number of rotatable bonds is 5. The molecule has 0 spiro atoms. The Labute approximate surface area is 111 Å². The highest BCUT2D eigenvalue weighted by Crippen LogP contribution is 2.24. The topological polar surface area (TPSA) is 77.5 Å². The van der Waals surface area contributed by atoms with Gasteiger partial charge in [0.05, 0.1) is 19.1 Å². The first-order chi connectivity index (χ1) is 9.19. The lowest BCUT2D eigenvalue weighted by Crippen LogP contribution is -2.12. The fraction of sp³-hybridized carbons (Fsp3) is 0.214. The molecule has 0 unspecified atom stereocenters. The van der Waals surface area contributed by atoms with Crippen molar-refractivity contribution in [1.29, 1.82) is 0 Å². The number of methoxy groups -OCH3 is 1. The van der Waals surface area contributed by atoms with Gasteiger partial charge in [-0.15, -0.1) is 0 Å². The quantitative estimate of drug-likeness (QED) is 0.809. The van der Waals surface area contributed by atoms with Gasteiger partial charge in [-0.25, -0.2) is 0 Å². The maximum atomic E-state index is 11.7. The molecule has 5 nitrogen and oxygen atoms in total. The number of hydrogen-bond acceptors (Lipinski definition) is 4. The highest BCUT2D eigenvalue weighted by Gasteiger charge is 2.06. The van der Waals surface area contributed by atoms with E-state index in [1.165, 1.54) is 0 Å². The number of nitrogen functional groups attached to an aromatic ring is 1. The first kappa shape index (κ1) is 13.0. The number of nitrogens with one attached hydrogen (secondary N) is 1. The lowest BCUT2D eigenvalue weighted by atomic mass is 10.2. The summed E-state index contributed by atoms with van der Waals surface area (Å²) in [7, 11) is 1.55. The summed E-state index contributed by atoms with van der Waals surface area (Å²) in [5.74, 6) is 1.30. The number of ether oxygens (including phenoxy) is 1. The highest BCUT2D eigenvalue weighted by atomic mass is 16.5. The third kappa shape index (κ3) is 3.51. The number of carbonyl (C=O) groups is 1. The Morgan fingerprint density at radius 2 is 2.26 bits per heavy atom. The molecule has 5 heteroatoms. The molecule has 0 saturated carbocycles. The van der Waals surface area contributed by atoms with Crippen LogP contribution in [0.15, 0.2) is 41.0 Å². The zero-order chi connectivity index (χ0) is 13.7. The smallest absolute Gasteiger partial charge is 0.224 e. The number of nitrogens with two attached hydrogens (primary N) is 1. The van der Waals surface area contributed by atoms with E-state index < -0.39 is 0 Å². The summed E-state index contributed by atoms with van der Waals surface area (Å²) >= 11 is 0. The van der Waals surface area contributed by atoms with Crippen molar-refractivity contribution >= 4 is 17.3 Å². The second-order valence-corrected chi connectivity index (χ2v) is 4.08. The second-order valence-electron chi connectivity index (χ2n) is 4.08. The molecule has 0 aliphatic carbocycles. The average Bonchev–Trinajstić information content (AvgIpc) is 2.90. The van der Waals surface area contributed by atoms with E-state index in [-0.39, 0.29) is 5.91 Å². The number of carbonyl (C=O) groups excluding carboxylic acids is 1. The maximum Gasteiger partial charge on any atom is 0.224 e. The number of benzene rings is 1. The minimum absolute atomic E-state index is 0.0824. The number of amides is 1. The van der Waals surface area contributed by atoms with Gasteiger partial charge < -0.3 is 20.2 Å². The van der Waals surface area contributed by atoms with E-state index in [9.17, 15) is 4.79 Å². The SMILES string of the molecule is COc1ccc(NC(=O)CCc2ccco2)cc1N. The Balaban J connectivity index is 1.90. The Hall–Kier alpha value is -2.43. The van der Waals surface area contributed by atoms with Crippen molar-refractivity contribution in [2.24, 2.45) is 0 Å². The van der Waals surface area contributed by atoms with E-state index in [1.807, 2.05) is 6.07 Å². The first-order valence-electron chi connectivity index (χ1n) is 5.95. The van der Waals surface area contributed by atoms with Crippen LogP contribution in [0.4, 0.5) is 11.4 Å². The fourth-order valence-corrected chi connectivity index (χ4v) is 1.73. The van der Waals surface area contributed by atoms with E-state index >= 15 is 0 Å². The van der Waals surface area contributed by atoms with Crippen LogP contribution in [0.2, 0.25) is 0 Å². The molecule has 1 amide bonds. The summed E-state index contributed by atoms with van der Waals surface area (Å²) < 4.78 is 10.2. The third-order valence-corrected chi connectivity index (χ3v) is 2.69. The highest BCUT2D eigenvalue weighted by molar-refractivity contribution is 5.91. The Morgan fingerprint density at radius 1 is 1.42 bits per heavy atom. The molecule has 0 aliphatic rings. The van der Waals surface area contributed by atoms with Gasteiger partial charge in [0.2, 0.25) is 5.91 Å². The number of aryl methyl sites for hydroxylation is 1. The molecule has 3 N–H and O–H groups in total. The minimum Gasteiger partial charge on any atom is -0.495 e. The first-order valence-corrected chi connectivity index (χ1v) is 5.95. The lowest BCUT2D eigenvalue weighted by Gasteiger charge is -2.08. The third-order valence-electron chi connectivity index (χ3n) is 2.69. The maximum absolute atomic E-state index is 11.7. The van der Waals surface area contributed by atoms with E-state index in [4.69, 9.17) is 14.9 Å². The van der Waals surface area contributed by atoms with Crippen molar-refractivity contribution in [2.75, 3.05) is 18.2 Å². The van der Waals surface area contributed by atoms with Crippen LogP contribution in [0.1, 0.15) is 12.2 Å². The van der Waals surface area contributed by atoms with Crippen molar-refractivity contribution in [3.63, 3.8) is 0 Å². The summed E-state index contributed by atoms with van der Waals surface area (Å²) in [5, 5.41) is 2.78. The molecule has 0 radical (unpaired) electrons. The van der Waals surface area contributed by atoms with Crippen LogP contribution >= 0.6 is 0 Å². The summed E-state index contributed by atoms with van der Waals surface area (Å²) in [6, 6.07) is 8.79. The fourth-order valence-electron chi connectivity index (χ4n) is 1.73. The van der Waals surface area contributed by atoms with Gasteiger partial charge in [0.1, 0.15) is 11.5 Å². The van der Waals surface area contributed by atoms with Crippen molar-refractivity contribution in [3.05, 3.63) is 42.4 Å². The molecule has 2 rings (SSSR count). The monoisotopic (exact) mass is 260 g/mol. The lowest BCUT2D eigenvalue weighted by molar-refractivity contribution is -0.116. The van der Waals surface area contributed by atoms with Gasteiger partial charge in [-0.3, -0.25) is 4.79 Å². The molecule has 0 atom stereocenters. The van der Waals surface area contributed by atoms with Gasteiger partial charge >= 0.3 is 0 Å². The van der Waals surface area contributed by atoms with E-state index in [2.05, 4.69) is 5.32 Å². The van der Waals surface area contributed by atoms with Crippen molar-refractivity contribution in [3.8, 4) is 5.75 Å². The molecule has 1 heterocycles. The summed E-state index contributed by atoms with van der Waals surface area (Å²) in [6.45, 7) is 0. The van der Waals surface area contributed by atoms with Crippen LogP contribution in [0.3, 0.4) is 0 Å². The molecule has 0 aliphatic heterocycles. The van der Waals surface area contributed by atoms with Gasteiger partial charge in [0.15, 0.2) is 0 Å². The van der Waals surface area contributed by atoms with Gasteiger partial charge in [-0.2, -0.15) is 0 Å². The van der Waals surface area contributed by atoms with Crippen molar-refractivity contribution in [2.45, 2.75) is 12.8 Å². The molecule has 0 fully saturated rings. The zero-order valence-corrected chi connectivity index (χ0v) is 10.7. The van der Waals surface area contributed by atoms with Gasteiger partial charge in [-0.05, 0) is 30.3 Å². The van der Waals surface area contributed by atoms with E-state index in [0.29, 0.717) is 30.0 Å². The molecule has 2 aromatic rings. The number of hydrogen-bond donors (Lipinski definition) is 2. The molecule has 100 valence electrons.